The quantitative estimate of drug-likeness (QED) is 0.445. The lowest BCUT2D eigenvalue weighted by Crippen LogP contribution is -2.52. The van der Waals surface area contributed by atoms with Crippen molar-refractivity contribution < 1.29 is 23.8 Å². The lowest BCUT2D eigenvalue weighted by Gasteiger charge is -2.30. The van der Waals surface area contributed by atoms with E-state index in [2.05, 4.69) is 0 Å². The number of benzene rings is 1. The summed E-state index contributed by atoms with van der Waals surface area (Å²) in [5.74, 6) is -1.70. The Morgan fingerprint density at radius 2 is 1.97 bits per heavy atom. The summed E-state index contributed by atoms with van der Waals surface area (Å²) >= 11 is 0.965. The topological polar surface area (TPSA) is 124 Å². The van der Waals surface area contributed by atoms with Crippen molar-refractivity contribution in [2.45, 2.75) is 77.2 Å². The van der Waals surface area contributed by atoms with Gasteiger partial charge in [0.25, 0.3) is 5.56 Å². The molecule has 1 atom stereocenters. The molecule has 3 aromatic rings. The van der Waals surface area contributed by atoms with E-state index in [4.69, 9.17) is 9.47 Å². The number of fused-ring (bicyclic) bond motifs is 1. The summed E-state index contributed by atoms with van der Waals surface area (Å²) in [4.78, 5) is 39.9. The van der Waals surface area contributed by atoms with Gasteiger partial charge in [0.05, 0.1) is 30.7 Å². The predicted octanol–water partition coefficient (Wildman–Crippen LogP) is 4.46. The molecule has 202 valence electrons. The van der Waals surface area contributed by atoms with Gasteiger partial charge in [-0.05, 0) is 51.3 Å². The summed E-state index contributed by atoms with van der Waals surface area (Å²) in [7, 11) is 1.41. The normalized spacial score (nSPS) is 15.4. The molecular formula is C27H30FN3O6S. The second-order valence-electron chi connectivity index (χ2n) is 9.99. The Morgan fingerprint density at radius 3 is 2.58 bits per heavy atom. The summed E-state index contributed by atoms with van der Waals surface area (Å²) in [6.07, 6.45) is 3.40. The number of nitriles is 1. The SMILES string of the molecule is COc1cccc(F)c1C(Cn1c(=O)n(C(C)(C)C(=O)O)c(=O)c2c(C)c(C#N)sc21)OC1CCCCC1. The molecular weight excluding hydrogens is 513 g/mol. The molecule has 1 saturated carbocycles. The van der Waals surface area contributed by atoms with Crippen molar-refractivity contribution in [1.29, 1.82) is 5.26 Å². The van der Waals surface area contributed by atoms with Gasteiger partial charge in [-0.2, -0.15) is 5.26 Å². The summed E-state index contributed by atoms with van der Waals surface area (Å²) in [6, 6.07) is 6.44. The lowest BCUT2D eigenvalue weighted by molar-refractivity contribution is -0.146. The van der Waals surface area contributed by atoms with Crippen LogP contribution in [0, 0.1) is 24.1 Å². The number of aryl methyl sites for hydroxylation is 1. The van der Waals surface area contributed by atoms with Crippen LogP contribution in [-0.4, -0.2) is 33.4 Å². The van der Waals surface area contributed by atoms with Gasteiger partial charge in [0, 0.05) is 0 Å². The molecule has 0 amide bonds. The number of carbonyl (C=O) groups is 1. The van der Waals surface area contributed by atoms with Crippen LogP contribution in [0.25, 0.3) is 10.2 Å². The van der Waals surface area contributed by atoms with Crippen molar-refractivity contribution >= 4 is 27.5 Å². The van der Waals surface area contributed by atoms with Gasteiger partial charge >= 0.3 is 11.7 Å². The summed E-state index contributed by atoms with van der Waals surface area (Å²) in [5.41, 5.74) is -3.08. The highest BCUT2D eigenvalue weighted by Crippen LogP contribution is 2.36. The molecule has 9 nitrogen and oxygen atoms in total. The van der Waals surface area contributed by atoms with Crippen LogP contribution in [0.2, 0.25) is 0 Å². The second kappa shape index (κ2) is 10.7. The average molecular weight is 544 g/mol. The van der Waals surface area contributed by atoms with E-state index >= 15 is 4.39 Å². The highest BCUT2D eigenvalue weighted by Gasteiger charge is 2.36. The number of aromatic nitrogens is 2. The fraction of sp³-hybridized carbons (Fsp3) is 0.481. The minimum Gasteiger partial charge on any atom is -0.496 e. The number of thiophene rings is 1. The van der Waals surface area contributed by atoms with Crippen LogP contribution in [0.3, 0.4) is 0 Å². The van der Waals surface area contributed by atoms with Crippen molar-refractivity contribution in [3.8, 4) is 11.8 Å². The van der Waals surface area contributed by atoms with Crippen molar-refractivity contribution in [3.63, 3.8) is 0 Å². The average Bonchev–Trinajstić information content (AvgIpc) is 3.22. The molecule has 1 fully saturated rings. The Morgan fingerprint density at radius 1 is 1.29 bits per heavy atom. The number of nitrogens with zero attached hydrogens (tertiary/aromatic N) is 3. The zero-order valence-electron chi connectivity index (χ0n) is 21.7. The zero-order valence-corrected chi connectivity index (χ0v) is 22.6. The van der Waals surface area contributed by atoms with E-state index in [1.807, 2.05) is 6.07 Å². The Balaban J connectivity index is 2.00. The molecule has 2 heterocycles. The molecule has 0 aliphatic heterocycles. The van der Waals surface area contributed by atoms with Crippen LogP contribution in [0.15, 0.2) is 27.8 Å². The van der Waals surface area contributed by atoms with E-state index in [9.17, 15) is 24.8 Å². The standard InChI is InChI=1S/C27H30FN3O6S/c1-15-20(13-29)38-24-21(15)23(32)31(27(2,3)25(33)34)26(35)30(24)14-19(37-16-9-6-5-7-10-16)22-17(28)11-8-12-18(22)36-4/h8,11-12,16,19H,5-7,9-10,14H2,1-4H3,(H,33,34). The third kappa shape index (κ3) is 4.74. The van der Waals surface area contributed by atoms with Crippen LogP contribution in [-0.2, 0) is 21.6 Å². The molecule has 0 saturated heterocycles. The minimum atomic E-state index is -1.89. The van der Waals surface area contributed by atoms with Crippen LogP contribution in [0.1, 0.15) is 68.1 Å². The molecule has 11 heteroatoms. The third-order valence-corrected chi connectivity index (χ3v) is 8.43. The maximum atomic E-state index is 15.3. The first kappa shape index (κ1) is 27.5. The van der Waals surface area contributed by atoms with Gasteiger partial charge in [-0.15, -0.1) is 11.3 Å². The van der Waals surface area contributed by atoms with Crippen molar-refractivity contribution in [2.24, 2.45) is 0 Å². The fourth-order valence-electron chi connectivity index (χ4n) is 5.01. The molecule has 1 N–H and O–H groups in total. The highest BCUT2D eigenvalue weighted by molar-refractivity contribution is 7.19. The summed E-state index contributed by atoms with van der Waals surface area (Å²) < 4.78 is 29.1. The predicted molar refractivity (Wildman–Crippen MR) is 140 cm³/mol. The van der Waals surface area contributed by atoms with E-state index in [-0.39, 0.29) is 39.1 Å². The van der Waals surface area contributed by atoms with Crippen LogP contribution < -0.4 is 16.0 Å². The number of hydrogen-bond donors (Lipinski definition) is 1. The summed E-state index contributed by atoms with van der Waals surface area (Å²) in [6.45, 7) is 3.89. The third-order valence-electron chi connectivity index (χ3n) is 7.21. The van der Waals surface area contributed by atoms with Gasteiger partial charge in [-0.1, -0.05) is 25.3 Å². The van der Waals surface area contributed by atoms with E-state index in [0.29, 0.717) is 10.1 Å². The van der Waals surface area contributed by atoms with Crippen LogP contribution >= 0.6 is 11.3 Å². The van der Waals surface area contributed by atoms with Crippen molar-refractivity contribution in [3.05, 3.63) is 60.9 Å². The molecule has 1 aliphatic carbocycles. The van der Waals surface area contributed by atoms with Crippen LogP contribution in [0.5, 0.6) is 5.75 Å². The fourth-order valence-corrected chi connectivity index (χ4v) is 6.11. The number of aliphatic carboxylic acids is 1. The van der Waals surface area contributed by atoms with Crippen LogP contribution in [0.4, 0.5) is 4.39 Å². The largest absolute Gasteiger partial charge is 0.496 e. The molecule has 0 spiro atoms. The van der Waals surface area contributed by atoms with Gasteiger partial charge < -0.3 is 14.6 Å². The van der Waals surface area contributed by atoms with E-state index in [1.165, 1.54) is 37.7 Å². The first-order chi connectivity index (χ1) is 18.0. The number of hydrogen-bond acceptors (Lipinski definition) is 7. The van der Waals surface area contributed by atoms with Gasteiger partial charge in [0.1, 0.15) is 39.0 Å². The molecule has 2 aromatic heterocycles. The van der Waals surface area contributed by atoms with E-state index in [1.54, 1.807) is 13.0 Å². The number of halogens is 1. The Labute approximate surface area is 222 Å². The first-order valence-corrected chi connectivity index (χ1v) is 13.2. The van der Waals surface area contributed by atoms with Gasteiger partial charge in [0.2, 0.25) is 0 Å². The number of rotatable bonds is 8. The van der Waals surface area contributed by atoms with Gasteiger partial charge in [0.15, 0.2) is 0 Å². The number of ether oxygens (including phenoxy) is 2. The Bertz CT molecular complexity index is 1540. The van der Waals surface area contributed by atoms with E-state index < -0.39 is 34.7 Å². The maximum Gasteiger partial charge on any atom is 0.333 e. The Kier molecular flexibility index (Phi) is 7.76. The van der Waals surface area contributed by atoms with Crippen molar-refractivity contribution in [1.82, 2.24) is 9.13 Å². The molecule has 38 heavy (non-hydrogen) atoms. The Hall–Kier alpha value is -3.49. The molecule has 0 radical (unpaired) electrons. The molecule has 1 aromatic carbocycles. The first-order valence-electron chi connectivity index (χ1n) is 12.4. The summed E-state index contributed by atoms with van der Waals surface area (Å²) in [5, 5.41) is 19.6. The van der Waals surface area contributed by atoms with Gasteiger partial charge in [-0.3, -0.25) is 9.36 Å². The minimum absolute atomic E-state index is 0.0809. The highest BCUT2D eigenvalue weighted by atomic mass is 32.1. The number of methoxy groups -OCH3 is 1. The number of carboxylic acids is 1. The molecule has 4 rings (SSSR count). The molecule has 0 bridgehead atoms. The molecule has 1 unspecified atom stereocenters. The smallest absolute Gasteiger partial charge is 0.333 e. The monoisotopic (exact) mass is 543 g/mol. The zero-order chi connectivity index (χ0) is 27.8. The number of carboxylic acid groups (broad SMARTS) is 1. The molecule has 1 aliphatic rings. The maximum absolute atomic E-state index is 15.3. The second-order valence-corrected chi connectivity index (χ2v) is 11.0. The van der Waals surface area contributed by atoms with Crippen molar-refractivity contribution in [2.75, 3.05) is 7.11 Å². The van der Waals surface area contributed by atoms with E-state index in [0.717, 1.165) is 43.4 Å². The lowest BCUT2D eigenvalue weighted by atomic mass is 9.97. The van der Waals surface area contributed by atoms with Gasteiger partial charge in [-0.25, -0.2) is 18.5 Å².